The molecule has 0 bridgehead atoms. The Hall–Kier alpha value is -1.21. The molecular weight excluding hydrogens is 387 g/mol. The predicted molar refractivity (Wildman–Crippen MR) is 100 cm³/mol. The molecule has 0 spiro atoms. The highest BCUT2D eigenvalue weighted by Crippen LogP contribution is 2.27. The first kappa shape index (κ1) is 17.6. The van der Waals surface area contributed by atoms with Crippen molar-refractivity contribution in [3.63, 3.8) is 0 Å². The van der Waals surface area contributed by atoms with Gasteiger partial charge in [0.05, 0.1) is 18.0 Å². The van der Waals surface area contributed by atoms with Crippen molar-refractivity contribution in [1.82, 2.24) is 4.31 Å². The van der Waals surface area contributed by atoms with E-state index in [2.05, 4.69) is 4.99 Å². The number of rotatable bonds is 4. The third-order valence-corrected chi connectivity index (χ3v) is 6.91. The molecule has 0 aromatic heterocycles. The van der Waals surface area contributed by atoms with Gasteiger partial charge >= 0.3 is 0 Å². The number of halogens is 2. The summed E-state index contributed by atoms with van der Waals surface area (Å²) in [5, 5.41) is 1.66. The highest BCUT2D eigenvalue weighted by molar-refractivity contribution is 8.14. The number of amidine groups is 1. The molecule has 0 radical (unpaired) electrons. The largest absolute Gasteiger partial charge is 0.265 e. The molecule has 24 heavy (non-hydrogen) atoms. The topological polar surface area (TPSA) is 49.7 Å². The van der Waals surface area contributed by atoms with Crippen LogP contribution in [0.1, 0.15) is 5.56 Å². The summed E-state index contributed by atoms with van der Waals surface area (Å²) in [6.07, 6.45) is 0. The van der Waals surface area contributed by atoms with Gasteiger partial charge in [0.25, 0.3) is 10.0 Å². The molecule has 0 N–H and O–H groups in total. The molecule has 0 unspecified atom stereocenters. The first-order chi connectivity index (χ1) is 11.5. The van der Waals surface area contributed by atoms with Gasteiger partial charge in [0.15, 0.2) is 5.17 Å². The van der Waals surface area contributed by atoms with E-state index in [0.29, 0.717) is 34.1 Å². The second-order valence-corrected chi connectivity index (χ2v) is 8.79. The summed E-state index contributed by atoms with van der Waals surface area (Å²) in [5.74, 6) is 0.603. The third-order valence-electron chi connectivity index (χ3n) is 3.42. The SMILES string of the molecule is O=S(=O)(c1ccc(Cl)cc1)N1CCN=C1SCc1cccc(Cl)c1. The number of benzene rings is 2. The van der Waals surface area contributed by atoms with Crippen molar-refractivity contribution in [2.24, 2.45) is 4.99 Å². The highest BCUT2D eigenvalue weighted by Gasteiger charge is 2.30. The van der Waals surface area contributed by atoms with Gasteiger partial charge in [-0.15, -0.1) is 0 Å². The van der Waals surface area contributed by atoms with E-state index in [1.54, 1.807) is 18.2 Å². The highest BCUT2D eigenvalue weighted by atomic mass is 35.5. The molecule has 0 aliphatic carbocycles. The molecule has 2 aromatic rings. The average molecular weight is 401 g/mol. The summed E-state index contributed by atoms with van der Waals surface area (Å²) in [4.78, 5) is 4.54. The minimum absolute atomic E-state index is 0.213. The van der Waals surface area contributed by atoms with Crippen LogP contribution in [0.2, 0.25) is 10.0 Å². The molecule has 126 valence electrons. The van der Waals surface area contributed by atoms with Crippen molar-refractivity contribution in [3.05, 3.63) is 64.1 Å². The Balaban J connectivity index is 1.76. The van der Waals surface area contributed by atoms with Crippen molar-refractivity contribution >= 4 is 50.2 Å². The molecule has 0 amide bonds. The normalized spacial score (nSPS) is 14.8. The summed E-state index contributed by atoms with van der Waals surface area (Å²) in [7, 11) is -3.62. The lowest BCUT2D eigenvalue weighted by atomic mass is 10.2. The summed E-state index contributed by atoms with van der Waals surface area (Å²) in [5.41, 5.74) is 1.02. The van der Waals surface area contributed by atoms with Crippen LogP contribution in [0.15, 0.2) is 58.4 Å². The first-order valence-electron chi connectivity index (χ1n) is 7.17. The fraction of sp³-hybridized carbons (Fsp3) is 0.188. The minimum atomic E-state index is -3.62. The smallest absolute Gasteiger partial charge is 0.260 e. The molecule has 0 saturated heterocycles. The maximum atomic E-state index is 12.8. The van der Waals surface area contributed by atoms with E-state index >= 15 is 0 Å². The molecule has 2 aromatic carbocycles. The number of sulfonamides is 1. The van der Waals surface area contributed by atoms with Crippen molar-refractivity contribution in [2.45, 2.75) is 10.6 Å². The van der Waals surface area contributed by atoms with Crippen LogP contribution in [0.25, 0.3) is 0 Å². The Morgan fingerprint density at radius 3 is 2.54 bits per heavy atom. The molecule has 0 fully saturated rings. The summed E-state index contributed by atoms with van der Waals surface area (Å²) < 4.78 is 26.9. The molecule has 3 rings (SSSR count). The lowest BCUT2D eigenvalue weighted by Crippen LogP contribution is -2.32. The Morgan fingerprint density at radius 1 is 1.08 bits per heavy atom. The van der Waals surface area contributed by atoms with Crippen molar-refractivity contribution in [3.8, 4) is 0 Å². The molecule has 0 saturated carbocycles. The molecule has 1 heterocycles. The molecule has 8 heteroatoms. The maximum absolute atomic E-state index is 12.8. The van der Waals surface area contributed by atoms with Gasteiger partial charge in [0, 0.05) is 15.8 Å². The van der Waals surface area contributed by atoms with E-state index in [0.717, 1.165) is 5.56 Å². The molecular formula is C16H14Cl2N2O2S2. The van der Waals surface area contributed by atoms with Crippen LogP contribution in [0.3, 0.4) is 0 Å². The van der Waals surface area contributed by atoms with Gasteiger partial charge in [0.1, 0.15) is 0 Å². The van der Waals surface area contributed by atoms with Gasteiger partial charge in [-0.2, -0.15) is 0 Å². The van der Waals surface area contributed by atoms with Crippen LogP contribution in [-0.4, -0.2) is 31.0 Å². The Morgan fingerprint density at radius 2 is 1.83 bits per heavy atom. The van der Waals surface area contributed by atoms with E-state index in [4.69, 9.17) is 23.2 Å². The fourth-order valence-electron chi connectivity index (χ4n) is 2.26. The molecule has 1 aliphatic rings. The standard InChI is InChI=1S/C16H14Cl2N2O2S2/c17-13-4-6-15(7-5-13)24(21,22)20-9-8-19-16(20)23-11-12-2-1-3-14(18)10-12/h1-7,10H,8-9,11H2. The number of hydrogen-bond acceptors (Lipinski definition) is 4. The van der Waals surface area contributed by atoms with Gasteiger partial charge in [-0.3, -0.25) is 4.99 Å². The van der Waals surface area contributed by atoms with Crippen LogP contribution >= 0.6 is 35.0 Å². The number of hydrogen-bond donors (Lipinski definition) is 0. The van der Waals surface area contributed by atoms with Gasteiger partial charge in [-0.1, -0.05) is 47.1 Å². The Bertz CT molecular complexity index is 868. The number of nitrogens with zero attached hydrogens (tertiary/aromatic N) is 2. The fourth-order valence-corrected chi connectivity index (χ4v) is 5.26. The monoisotopic (exact) mass is 400 g/mol. The summed E-state index contributed by atoms with van der Waals surface area (Å²) in [6, 6.07) is 13.6. The Labute approximate surface area is 155 Å². The van der Waals surface area contributed by atoms with Crippen LogP contribution in [0, 0.1) is 0 Å². The maximum Gasteiger partial charge on any atom is 0.265 e. The number of thioether (sulfide) groups is 1. The zero-order chi connectivity index (χ0) is 17.2. The second-order valence-electron chi connectivity index (χ2n) is 5.11. The van der Waals surface area contributed by atoms with Gasteiger partial charge in [0.2, 0.25) is 0 Å². The van der Waals surface area contributed by atoms with Gasteiger partial charge < -0.3 is 0 Å². The average Bonchev–Trinajstić information content (AvgIpc) is 3.03. The Kier molecular flexibility index (Phi) is 5.39. The van der Waals surface area contributed by atoms with E-state index in [9.17, 15) is 8.42 Å². The summed E-state index contributed by atoms with van der Waals surface area (Å²) >= 11 is 13.2. The van der Waals surface area contributed by atoms with Gasteiger partial charge in [-0.05, 0) is 42.0 Å². The number of aliphatic imine (C=N–C) groups is 1. The van der Waals surface area contributed by atoms with Crippen molar-refractivity contribution in [2.75, 3.05) is 13.1 Å². The molecule has 1 aliphatic heterocycles. The van der Waals surface area contributed by atoms with Crippen LogP contribution in [-0.2, 0) is 15.8 Å². The quantitative estimate of drug-likeness (QED) is 0.768. The first-order valence-corrected chi connectivity index (χ1v) is 10.3. The second kappa shape index (κ2) is 7.35. The predicted octanol–water partition coefficient (Wildman–Crippen LogP) is 4.29. The van der Waals surface area contributed by atoms with Crippen LogP contribution in [0.4, 0.5) is 0 Å². The lowest BCUT2D eigenvalue weighted by molar-refractivity contribution is 0.540. The lowest BCUT2D eigenvalue weighted by Gasteiger charge is -2.20. The zero-order valence-electron chi connectivity index (χ0n) is 12.5. The van der Waals surface area contributed by atoms with E-state index < -0.39 is 10.0 Å². The van der Waals surface area contributed by atoms with Crippen molar-refractivity contribution in [1.29, 1.82) is 0 Å². The minimum Gasteiger partial charge on any atom is -0.260 e. The van der Waals surface area contributed by atoms with Crippen molar-refractivity contribution < 1.29 is 8.42 Å². The third kappa shape index (κ3) is 3.88. The molecule has 0 atom stereocenters. The van der Waals surface area contributed by atoms with Gasteiger partial charge in [-0.25, -0.2) is 12.7 Å². The van der Waals surface area contributed by atoms with E-state index in [-0.39, 0.29) is 4.90 Å². The van der Waals surface area contributed by atoms with Crippen LogP contribution < -0.4 is 0 Å². The summed E-state index contributed by atoms with van der Waals surface area (Å²) in [6.45, 7) is 0.813. The molecule has 4 nitrogen and oxygen atoms in total. The van der Waals surface area contributed by atoms with Crippen LogP contribution in [0.5, 0.6) is 0 Å². The van der Waals surface area contributed by atoms with E-state index in [1.807, 2.05) is 18.2 Å². The zero-order valence-corrected chi connectivity index (χ0v) is 15.7. The van der Waals surface area contributed by atoms with E-state index in [1.165, 1.54) is 28.2 Å².